The molecule has 268 valence electrons. The van der Waals surface area contributed by atoms with Gasteiger partial charge in [0.1, 0.15) is 12.1 Å². The second kappa shape index (κ2) is 13.6. The molecule has 5 amide bonds. The van der Waals surface area contributed by atoms with Crippen molar-refractivity contribution in [2.45, 2.75) is 125 Å². The van der Waals surface area contributed by atoms with E-state index in [0.29, 0.717) is 13.0 Å². The number of urea groups is 1. The summed E-state index contributed by atoms with van der Waals surface area (Å²) in [4.78, 5) is 67.9. The van der Waals surface area contributed by atoms with Gasteiger partial charge in [0.2, 0.25) is 27.6 Å². The van der Waals surface area contributed by atoms with Gasteiger partial charge in [-0.15, -0.1) is 0 Å². The zero-order chi connectivity index (χ0) is 36.0. The van der Waals surface area contributed by atoms with E-state index in [4.69, 9.17) is 5.73 Å². The van der Waals surface area contributed by atoms with Gasteiger partial charge >= 0.3 is 6.03 Å². The fraction of sp³-hybridized carbons (Fsp3) is 0.848. The number of piperidine rings is 1. The van der Waals surface area contributed by atoms with E-state index in [9.17, 15) is 32.4 Å². The molecular weight excluding hydrogens is 624 g/mol. The van der Waals surface area contributed by atoms with Crippen molar-refractivity contribution in [1.82, 2.24) is 25.2 Å². The quantitative estimate of drug-likeness (QED) is 0.214. The van der Waals surface area contributed by atoms with E-state index in [1.807, 2.05) is 55.4 Å². The van der Waals surface area contributed by atoms with Crippen LogP contribution in [0.25, 0.3) is 0 Å². The number of nitrogens with two attached hydrogens (primary N) is 1. The molecule has 2 aliphatic carbocycles. The Morgan fingerprint density at radius 1 is 0.957 bits per heavy atom. The van der Waals surface area contributed by atoms with Crippen LogP contribution in [0.3, 0.4) is 0 Å². The molecule has 0 aromatic heterocycles. The smallest absolute Gasteiger partial charge is 0.315 e. The average Bonchev–Trinajstić information content (AvgIpc) is 3.20. The van der Waals surface area contributed by atoms with Crippen molar-refractivity contribution in [3.05, 3.63) is 0 Å². The third kappa shape index (κ3) is 8.84. The van der Waals surface area contributed by atoms with Crippen LogP contribution in [0.15, 0.2) is 0 Å². The van der Waals surface area contributed by atoms with Crippen molar-refractivity contribution in [3.8, 4) is 0 Å². The molecule has 13 nitrogen and oxygen atoms in total. The van der Waals surface area contributed by atoms with Crippen molar-refractivity contribution in [3.63, 3.8) is 0 Å². The molecule has 14 heteroatoms. The highest BCUT2D eigenvalue weighted by atomic mass is 32.2. The van der Waals surface area contributed by atoms with Crippen LogP contribution in [0, 0.1) is 34.0 Å². The summed E-state index contributed by atoms with van der Waals surface area (Å²) in [5.41, 5.74) is 3.83. The Bertz CT molecular complexity index is 1350. The second-order valence-electron chi connectivity index (χ2n) is 17.0. The minimum absolute atomic E-state index is 0.0421. The number of primary amides is 1. The molecule has 3 rings (SSSR count). The zero-order valence-electron chi connectivity index (χ0n) is 30.1. The fourth-order valence-corrected chi connectivity index (χ4v) is 8.31. The maximum Gasteiger partial charge on any atom is 0.315 e. The molecule has 6 atom stereocenters. The molecule has 2 saturated carbocycles. The Balaban J connectivity index is 1.85. The van der Waals surface area contributed by atoms with Gasteiger partial charge < -0.3 is 26.6 Å². The van der Waals surface area contributed by atoms with Crippen LogP contribution in [0.1, 0.15) is 94.9 Å². The predicted molar refractivity (Wildman–Crippen MR) is 179 cm³/mol. The fourth-order valence-electron chi connectivity index (χ4n) is 7.13. The molecule has 0 aromatic rings. The highest BCUT2D eigenvalue weighted by molar-refractivity contribution is 7.88. The average molecular weight is 683 g/mol. The third-order valence-electron chi connectivity index (χ3n) is 10.5. The Morgan fingerprint density at radius 2 is 1.53 bits per heavy atom. The summed E-state index contributed by atoms with van der Waals surface area (Å²) in [7, 11) is -3.56. The van der Waals surface area contributed by atoms with Gasteiger partial charge in [-0.25, -0.2) is 13.2 Å². The maximum atomic E-state index is 14.3. The number of Topliss-reactive ketones (excluding diaryl/α,β-unsaturated/α-hetero) is 1. The summed E-state index contributed by atoms with van der Waals surface area (Å²) in [6, 6.07) is -4.54. The van der Waals surface area contributed by atoms with Crippen molar-refractivity contribution in [2.75, 3.05) is 19.3 Å². The van der Waals surface area contributed by atoms with Crippen LogP contribution in [-0.4, -0.2) is 96.7 Å². The number of ketones is 1. The van der Waals surface area contributed by atoms with Crippen molar-refractivity contribution >= 4 is 39.6 Å². The van der Waals surface area contributed by atoms with Gasteiger partial charge in [0, 0.05) is 25.2 Å². The van der Waals surface area contributed by atoms with Crippen LogP contribution in [0.2, 0.25) is 0 Å². The molecule has 5 N–H and O–H groups in total. The van der Waals surface area contributed by atoms with E-state index in [2.05, 4.69) is 16.0 Å². The number of nitrogens with one attached hydrogen (secondary N) is 3. The third-order valence-corrected chi connectivity index (χ3v) is 12.0. The number of amides is 5. The number of likely N-dealkylation sites (tertiary alicyclic amines) is 1. The number of fused-ring (bicyclic) bond motifs is 1. The summed E-state index contributed by atoms with van der Waals surface area (Å²) >= 11 is 0. The Labute approximate surface area is 280 Å². The van der Waals surface area contributed by atoms with E-state index < -0.39 is 74.6 Å². The first-order valence-corrected chi connectivity index (χ1v) is 18.6. The molecule has 0 aromatic carbocycles. The number of rotatable bonds is 13. The lowest BCUT2D eigenvalue weighted by Gasteiger charge is -2.39. The van der Waals surface area contributed by atoms with Gasteiger partial charge in [0.15, 0.2) is 0 Å². The number of nitrogens with zero attached hydrogens (tertiary/aromatic N) is 2. The zero-order valence-corrected chi connectivity index (χ0v) is 30.9. The number of sulfonamides is 1. The predicted octanol–water partition coefficient (Wildman–Crippen LogP) is 2.00. The Kier molecular flexibility index (Phi) is 11.2. The Hall–Kier alpha value is -2.74. The molecule has 3 fully saturated rings. The SMILES string of the molecule is CC(C)N(C[C@@H](NC(=O)N[C@H](C(=O)N1C[C@H]2[C@@H]([C@H]1C(=O)NC(CC1CCC1)C(=O)C(N)=O)C2(C)C)C(C)(C)C)C(C)(C)C)S(C)(=O)=O. The van der Waals surface area contributed by atoms with Crippen LogP contribution in [-0.2, 0) is 29.2 Å². The molecule has 1 saturated heterocycles. The van der Waals surface area contributed by atoms with Gasteiger partial charge in [-0.05, 0) is 54.3 Å². The first kappa shape index (κ1) is 38.7. The van der Waals surface area contributed by atoms with Crippen LogP contribution >= 0.6 is 0 Å². The van der Waals surface area contributed by atoms with Gasteiger partial charge in [-0.3, -0.25) is 19.2 Å². The molecule has 1 unspecified atom stereocenters. The maximum absolute atomic E-state index is 14.3. The second-order valence-corrected chi connectivity index (χ2v) is 18.9. The summed E-state index contributed by atoms with van der Waals surface area (Å²) in [5, 5.41) is 8.55. The van der Waals surface area contributed by atoms with E-state index in [-0.39, 0.29) is 35.8 Å². The molecule has 1 heterocycles. The van der Waals surface area contributed by atoms with Gasteiger partial charge in [0.05, 0.1) is 12.3 Å². The summed E-state index contributed by atoms with van der Waals surface area (Å²) < 4.78 is 26.4. The first-order valence-electron chi connectivity index (χ1n) is 16.8. The van der Waals surface area contributed by atoms with Crippen molar-refractivity contribution < 1.29 is 32.4 Å². The van der Waals surface area contributed by atoms with E-state index in [0.717, 1.165) is 25.5 Å². The Morgan fingerprint density at radius 3 is 1.96 bits per heavy atom. The van der Waals surface area contributed by atoms with Gasteiger partial charge in [-0.2, -0.15) is 4.31 Å². The van der Waals surface area contributed by atoms with E-state index in [1.54, 1.807) is 13.8 Å². The number of carbonyl (C=O) groups excluding carboxylic acids is 5. The van der Waals surface area contributed by atoms with Crippen molar-refractivity contribution in [1.29, 1.82) is 0 Å². The largest absolute Gasteiger partial charge is 0.363 e. The molecule has 0 radical (unpaired) electrons. The highest BCUT2D eigenvalue weighted by Gasteiger charge is 2.70. The minimum Gasteiger partial charge on any atom is -0.363 e. The normalized spacial score (nSPS) is 24.5. The van der Waals surface area contributed by atoms with Crippen molar-refractivity contribution in [2.24, 2.45) is 39.7 Å². The van der Waals surface area contributed by atoms with Gasteiger partial charge in [-0.1, -0.05) is 74.7 Å². The molecule has 3 aliphatic rings. The lowest BCUT2D eigenvalue weighted by Crippen LogP contribution is -2.63. The molecule has 0 spiro atoms. The van der Waals surface area contributed by atoms with Crippen LogP contribution in [0.5, 0.6) is 0 Å². The summed E-state index contributed by atoms with van der Waals surface area (Å²) in [6.45, 7) is 19.1. The lowest BCUT2D eigenvalue weighted by molar-refractivity contribution is -0.145. The minimum atomic E-state index is -3.56. The van der Waals surface area contributed by atoms with E-state index in [1.165, 1.54) is 9.21 Å². The first-order chi connectivity index (χ1) is 21.3. The monoisotopic (exact) mass is 682 g/mol. The number of hydrogen-bond donors (Lipinski definition) is 4. The highest BCUT2D eigenvalue weighted by Crippen LogP contribution is 2.65. The lowest BCUT2D eigenvalue weighted by atomic mass is 9.80. The number of carbonyl (C=O) groups is 5. The van der Waals surface area contributed by atoms with Crippen LogP contribution in [0.4, 0.5) is 4.79 Å². The molecule has 1 aliphatic heterocycles. The summed E-state index contributed by atoms with van der Waals surface area (Å²) in [5.74, 6) is -2.78. The van der Waals surface area contributed by atoms with Gasteiger partial charge in [0.25, 0.3) is 5.91 Å². The number of hydrogen-bond acceptors (Lipinski definition) is 7. The molecule has 47 heavy (non-hydrogen) atoms. The standard InChI is InChI=1S/C33H58N6O7S/c1-18(2)39(47(11,45)46)17-22(31(3,4)5)36-30(44)37-26(32(6,7)8)29(43)38-16-20-23(33(20,9)10)24(38)28(42)35-21(25(40)27(34)41)15-19-13-12-14-19/h18-24,26H,12-17H2,1-11H3,(H2,34,41)(H,35,42)(H2,36,37,44)/t20-,21?,22+,23-,24-,26+/m0/s1. The van der Waals surface area contributed by atoms with Crippen LogP contribution < -0.4 is 21.7 Å². The topological polar surface area (TPSA) is 188 Å². The molecular formula is C33H58N6O7S. The van der Waals surface area contributed by atoms with E-state index >= 15 is 0 Å². The molecule has 0 bridgehead atoms. The summed E-state index contributed by atoms with van der Waals surface area (Å²) in [6.07, 6.45) is 4.29.